The van der Waals surface area contributed by atoms with Crippen molar-refractivity contribution in [2.75, 3.05) is 13.7 Å². The second-order valence-electron chi connectivity index (χ2n) is 4.28. The van der Waals surface area contributed by atoms with Gasteiger partial charge < -0.3 is 10.1 Å². The number of carbonyl (C=O) groups excluding carboxylic acids is 1. The van der Waals surface area contributed by atoms with Gasteiger partial charge in [0.15, 0.2) is 0 Å². The number of hydrogen-bond donors (Lipinski definition) is 1. The maximum Gasteiger partial charge on any atom is 0.246 e. The third-order valence-electron chi connectivity index (χ3n) is 3.36. The van der Waals surface area contributed by atoms with E-state index in [9.17, 15) is 4.79 Å². The van der Waals surface area contributed by atoms with Crippen LogP contribution in [0.3, 0.4) is 0 Å². The van der Waals surface area contributed by atoms with Gasteiger partial charge in [-0.15, -0.1) is 0 Å². The minimum Gasteiger partial charge on any atom is -0.375 e. The van der Waals surface area contributed by atoms with E-state index in [2.05, 4.69) is 5.32 Å². The van der Waals surface area contributed by atoms with Gasteiger partial charge in [0.1, 0.15) is 6.61 Å². The Morgan fingerprint density at radius 2 is 2.31 bits per heavy atom. The lowest BCUT2D eigenvalue weighted by atomic mass is 9.95. The molecule has 1 N–H and O–H groups in total. The van der Waals surface area contributed by atoms with Gasteiger partial charge >= 0.3 is 0 Å². The number of nitrogens with one attached hydrogen (secondary N) is 1. The summed E-state index contributed by atoms with van der Waals surface area (Å²) in [6.45, 7) is 0.202. The molecule has 0 spiro atoms. The van der Waals surface area contributed by atoms with Gasteiger partial charge in [-0.3, -0.25) is 4.79 Å². The number of hydrogen-bond acceptors (Lipinski definition) is 2. The van der Waals surface area contributed by atoms with E-state index in [-0.39, 0.29) is 12.5 Å². The van der Waals surface area contributed by atoms with Crippen molar-refractivity contribution < 1.29 is 9.53 Å². The second-order valence-corrected chi connectivity index (χ2v) is 4.28. The Balaban J connectivity index is 1.79. The Hall–Kier alpha value is -0.570. The largest absolute Gasteiger partial charge is 0.375 e. The standard InChI is InChI=1S/C10H17NO2/c1-13-6-10(12)11-9-5-7-2-3-8(9)4-7/h7-9H,2-6H2,1H3,(H,11,12)/t7-,8-,9+/m1/s1. The monoisotopic (exact) mass is 183 g/mol. The van der Waals surface area contributed by atoms with Gasteiger partial charge in [0.25, 0.3) is 0 Å². The van der Waals surface area contributed by atoms with E-state index in [0.717, 1.165) is 11.8 Å². The lowest BCUT2D eigenvalue weighted by Gasteiger charge is -2.22. The smallest absolute Gasteiger partial charge is 0.246 e. The highest BCUT2D eigenvalue weighted by atomic mass is 16.5. The van der Waals surface area contributed by atoms with E-state index in [0.29, 0.717) is 6.04 Å². The van der Waals surface area contributed by atoms with Crippen LogP contribution in [0.5, 0.6) is 0 Å². The van der Waals surface area contributed by atoms with E-state index in [4.69, 9.17) is 4.74 Å². The number of rotatable bonds is 3. The van der Waals surface area contributed by atoms with Crippen molar-refractivity contribution in [2.45, 2.75) is 31.7 Å². The molecule has 0 radical (unpaired) electrons. The molecule has 2 fully saturated rings. The maximum atomic E-state index is 11.2. The summed E-state index contributed by atoms with van der Waals surface area (Å²) < 4.78 is 4.78. The molecule has 0 aromatic carbocycles. The van der Waals surface area contributed by atoms with E-state index >= 15 is 0 Å². The molecule has 74 valence electrons. The van der Waals surface area contributed by atoms with Crippen LogP contribution in [0.2, 0.25) is 0 Å². The molecule has 3 atom stereocenters. The molecule has 2 saturated carbocycles. The molecule has 3 heteroatoms. The first-order valence-electron chi connectivity index (χ1n) is 5.08. The number of fused-ring (bicyclic) bond motifs is 2. The van der Waals surface area contributed by atoms with Gasteiger partial charge in [0.05, 0.1) is 0 Å². The van der Waals surface area contributed by atoms with Crippen molar-refractivity contribution in [3.05, 3.63) is 0 Å². The first kappa shape index (κ1) is 9.00. The topological polar surface area (TPSA) is 38.3 Å². The summed E-state index contributed by atoms with van der Waals surface area (Å²) in [6, 6.07) is 0.446. The Morgan fingerprint density at radius 3 is 2.85 bits per heavy atom. The Bertz CT molecular complexity index is 205. The highest BCUT2D eigenvalue weighted by Gasteiger charge is 2.39. The van der Waals surface area contributed by atoms with Crippen LogP contribution >= 0.6 is 0 Å². The molecule has 3 nitrogen and oxygen atoms in total. The number of ether oxygens (including phenoxy) is 1. The molecule has 1 amide bonds. The van der Waals surface area contributed by atoms with Gasteiger partial charge in [-0.2, -0.15) is 0 Å². The third kappa shape index (κ3) is 1.85. The molecule has 2 aliphatic rings. The first-order chi connectivity index (χ1) is 6.29. The van der Waals surface area contributed by atoms with Crippen molar-refractivity contribution >= 4 is 5.91 Å². The van der Waals surface area contributed by atoms with E-state index in [1.807, 2.05) is 0 Å². The quantitative estimate of drug-likeness (QED) is 0.707. The number of carbonyl (C=O) groups is 1. The van der Waals surface area contributed by atoms with Crippen molar-refractivity contribution in [1.82, 2.24) is 5.32 Å². The summed E-state index contributed by atoms with van der Waals surface area (Å²) >= 11 is 0. The van der Waals surface area contributed by atoms with Gasteiger partial charge in [0, 0.05) is 13.2 Å². The molecule has 13 heavy (non-hydrogen) atoms. The van der Waals surface area contributed by atoms with Crippen LogP contribution in [0, 0.1) is 11.8 Å². The van der Waals surface area contributed by atoms with Gasteiger partial charge in [-0.1, -0.05) is 6.42 Å². The fraction of sp³-hybridized carbons (Fsp3) is 0.900. The zero-order valence-electron chi connectivity index (χ0n) is 8.08. The van der Waals surface area contributed by atoms with Crippen molar-refractivity contribution in [3.8, 4) is 0 Å². The third-order valence-corrected chi connectivity index (χ3v) is 3.36. The average molecular weight is 183 g/mol. The molecule has 0 aromatic heterocycles. The highest BCUT2D eigenvalue weighted by Crippen LogP contribution is 2.44. The fourth-order valence-electron chi connectivity index (χ4n) is 2.80. The molecular formula is C10H17NO2. The summed E-state index contributed by atoms with van der Waals surface area (Å²) in [6.07, 6.45) is 5.21. The lowest BCUT2D eigenvalue weighted by Crippen LogP contribution is -2.40. The summed E-state index contributed by atoms with van der Waals surface area (Å²) in [5.41, 5.74) is 0. The number of amides is 1. The van der Waals surface area contributed by atoms with E-state index in [1.54, 1.807) is 7.11 Å². The van der Waals surface area contributed by atoms with Gasteiger partial charge in [0.2, 0.25) is 5.91 Å². The van der Waals surface area contributed by atoms with E-state index in [1.165, 1.54) is 25.7 Å². The summed E-state index contributed by atoms with van der Waals surface area (Å²) in [5.74, 6) is 1.68. The predicted molar refractivity (Wildman–Crippen MR) is 49.3 cm³/mol. The van der Waals surface area contributed by atoms with Crippen LogP contribution in [-0.4, -0.2) is 25.7 Å². The van der Waals surface area contributed by atoms with Crippen molar-refractivity contribution in [2.24, 2.45) is 11.8 Å². The zero-order chi connectivity index (χ0) is 9.26. The molecule has 0 unspecified atom stereocenters. The fourth-order valence-corrected chi connectivity index (χ4v) is 2.80. The molecule has 0 aliphatic heterocycles. The second kappa shape index (κ2) is 3.66. The Morgan fingerprint density at radius 1 is 1.46 bits per heavy atom. The van der Waals surface area contributed by atoms with E-state index < -0.39 is 0 Å². The van der Waals surface area contributed by atoms with Gasteiger partial charge in [-0.25, -0.2) is 0 Å². The lowest BCUT2D eigenvalue weighted by molar-refractivity contribution is -0.125. The summed E-state index contributed by atoms with van der Waals surface area (Å²) in [4.78, 5) is 11.2. The van der Waals surface area contributed by atoms with Crippen LogP contribution in [0.15, 0.2) is 0 Å². The summed E-state index contributed by atoms with van der Waals surface area (Å²) in [5, 5.41) is 3.05. The molecule has 0 aromatic rings. The molecule has 2 rings (SSSR count). The van der Waals surface area contributed by atoms with Crippen LogP contribution in [0.25, 0.3) is 0 Å². The molecule has 2 bridgehead atoms. The molecule has 0 saturated heterocycles. The minimum atomic E-state index is 0.0417. The van der Waals surface area contributed by atoms with Crippen molar-refractivity contribution in [1.29, 1.82) is 0 Å². The summed E-state index contributed by atoms with van der Waals surface area (Å²) in [7, 11) is 1.56. The van der Waals surface area contributed by atoms with Gasteiger partial charge in [-0.05, 0) is 31.1 Å². The Labute approximate surface area is 78.8 Å². The molecule has 0 heterocycles. The van der Waals surface area contributed by atoms with Crippen molar-refractivity contribution in [3.63, 3.8) is 0 Å². The van der Waals surface area contributed by atoms with Crippen LogP contribution < -0.4 is 5.32 Å². The number of methoxy groups -OCH3 is 1. The normalized spacial score (nSPS) is 36.5. The SMILES string of the molecule is COCC(=O)N[C@H]1C[C@@H]2CC[C@@H]1C2. The zero-order valence-corrected chi connectivity index (χ0v) is 8.08. The first-order valence-corrected chi connectivity index (χ1v) is 5.08. The van der Waals surface area contributed by atoms with Crippen LogP contribution in [-0.2, 0) is 9.53 Å². The highest BCUT2D eigenvalue weighted by molar-refractivity contribution is 5.77. The molecular weight excluding hydrogens is 166 g/mol. The maximum absolute atomic E-state index is 11.2. The van der Waals surface area contributed by atoms with Crippen LogP contribution in [0.4, 0.5) is 0 Å². The average Bonchev–Trinajstić information content (AvgIpc) is 2.65. The minimum absolute atomic E-state index is 0.0417. The molecule has 2 aliphatic carbocycles. The predicted octanol–water partition coefficient (Wildman–Crippen LogP) is 0.938. The van der Waals surface area contributed by atoms with Crippen LogP contribution in [0.1, 0.15) is 25.7 Å². The Kier molecular flexibility index (Phi) is 2.54.